The minimum absolute atomic E-state index is 0.285. The lowest BCUT2D eigenvalue weighted by atomic mass is 9.94. The Bertz CT molecular complexity index is 3460. The Morgan fingerprint density at radius 2 is 0.277 bits per heavy atom. The molecule has 21 saturated heterocycles. The van der Waals surface area contributed by atoms with Crippen molar-refractivity contribution in [1.82, 2.24) is 34.9 Å². The van der Waals surface area contributed by atoms with Gasteiger partial charge in [0, 0.05) is 172 Å². The maximum absolute atomic E-state index is 12.5. The van der Waals surface area contributed by atoms with E-state index in [1.54, 1.807) is 84.9 Å². The summed E-state index contributed by atoms with van der Waals surface area (Å²) in [6.45, 7) is -2.00. The predicted molar refractivity (Wildman–Crippen MR) is 408 cm³/mol. The van der Waals surface area contributed by atoms with E-state index in [1.807, 2.05) is 0 Å². The molecule has 0 aliphatic carbocycles. The third kappa shape index (κ3) is 20.2. The Hall–Kier alpha value is -8.47. The van der Waals surface area contributed by atoms with Gasteiger partial charge in [0.2, 0.25) is 0 Å². The fourth-order valence-electron chi connectivity index (χ4n) is 15.4. The number of aliphatic hydroxyl groups is 14. The van der Waals surface area contributed by atoms with Crippen molar-refractivity contribution in [2.75, 3.05) is 83.0 Å². The molecule has 42 heteroatoms. The van der Waals surface area contributed by atoms with E-state index in [9.17, 15) is 71.5 Å². The van der Waals surface area contributed by atoms with Crippen molar-refractivity contribution in [3.05, 3.63) is 172 Å². The van der Waals surface area contributed by atoms with Crippen molar-refractivity contribution in [2.45, 2.75) is 215 Å². The fourth-order valence-corrected chi connectivity index (χ4v) is 15.4. The molecule has 21 aliphatic rings. The molecule has 644 valence electrons. The SMILES string of the molecule is O[C@@H]1[C@@H](O)[C@H]2O[C@H]3[C@H](O)[C@@H](O)[C@@H](O[C@H]4[C@H](O)[C@@H](O)[C@@H](O[C@H]5[C@H](O)[C@@H](O)[C@@H](O[C@H]6[C@H](O)[C@@H](O)[C@@H](O[C@H]7[C@H](O)[C@@H](O)[C@@H](O[C@H]8[C@H](O)[C@@H](O)[C@@H](O[C@@H]1[C@@H](CNc1ccncc1)O2)O[C@@H]8CNc1ccncc1)O[C@@H]7CNc1ccncc1)O[C@@H]6CNc1ccncc1)O[C@@H]5CNc1ccncc1)O[C@@H]4CNc1ccncc1)O[C@@H]3CNc1ccncc1. The van der Waals surface area contributed by atoms with Crippen molar-refractivity contribution < 1.29 is 138 Å². The van der Waals surface area contributed by atoms with Crippen molar-refractivity contribution in [3.8, 4) is 0 Å². The summed E-state index contributed by atoms with van der Waals surface area (Å²) in [7, 11) is 0. The third-order valence-corrected chi connectivity index (χ3v) is 21.8. The van der Waals surface area contributed by atoms with Crippen LogP contribution in [0.15, 0.2) is 172 Å². The molecular formula is C77H98N14O28. The highest BCUT2D eigenvalue weighted by Crippen LogP contribution is 2.41. The number of ether oxygens (including phenoxy) is 14. The summed E-state index contributed by atoms with van der Waals surface area (Å²) < 4.78 is 91.4. The normalized spacial score (nSPS) is 39.5. The van der Waals surface area contributed by atoms with Crippen molar-refractivity contribution >= 4 is 39.8 Å². The molecule has 7 aromatic rings. The van der Waals surface area contributed by atoms with E-state index in [-0.39, 0.29) is 45.8 Å². The standard InChI is InChI=1S/C77H98N14O28/c92-50-57(99)71-106-43(29-85-36-1-15-78-16-2-36)64(50)113-72-58(100)51(93)66(45(107-72)31-87-38-5-19-80-20-6-38)115-74-60(102)53(95)68(47(109-74)33-89-40-9-23-82-24-10-40)117-76-62(104)55(97)70(49(111-76)35-91-42-13-27-84-28-14-42)119-77-63(105)56(98)69(48(112-77)34-90-41-11-25-83-26-12-41)118-75-61(103)54(96)67(46(110-75)32-88-39-7-21-81-22-8-39)116-73-59(101)52(94)65(114-71)44(108-73)30-86-37-3-17-79-18-4-37/h1-28,43-77,92-105H,29-35H2,(H,78,85)(H,79,86)(H,80,87)(H,81,88)(H,82,89)(H,83,90)(H,84,91)/t43-,44-,45-,46-,47-,48-,49-,50-,51-,52-,53-,54-,55-,56-,57-,58-,59-,60-,61-,62-,63-,64-,65-,66-,67-,68-,69-,70-,71-,72-,73-,74-,75-,76-,77-/m1/s1. The zero-order valence-electron chi connectivity index (χ0n) is 63.4. The van der Waals surface area contributed by atoms with Gasteiger partial charge in [0.05, 0.1) is 0 Å². The van der Waals surface area contributed by atoms with Gasteiger partial charge in [-0.1, -0.05) is 0 Å². The molecule has 21 N–H and O–H groups in total. The van der Waals surface area contributed by atoms with E-state index < -0.39 is 215 Å². The second-order valence-corrected chi connectivity index (χ2v) is 29.7. The van der Waals surface area contributed by atoms with Gasteiger partial charge in [-0.15, -0.1) is 0 Å². The molecule has 28 heterocycles. The van der Waals surface area contributed by atoms with Crippen molar-refractivity contribution in [2.24, 2.45) is 0 Å². The summed E-state index contributed by atoms with van der Waals surface area (Å²) in [5.74, 6) is 0. The van der Waals surface area contributed by atoms with Gasteiger partial charge in [-0.2, -0.15) is 0 Å². The largest absolute Gasteiger partial charge is 0.387 e. The molecule has 0 unspecified atom stereocenters. The van der Waals surface area contributed by atoms with Crippen LogP contribution in [0.25, 0.3) is 0 Å². The Morgan fingerprint density at radius 1 is 0.168 bits per heavy atom. The van der Waals surface area contributed by atoms with E-state index in [0.717, 1.165) is 0 Å². The average Bonchev–Trinajstić information content (AvgIpc) is 0.805. The van der Waals surface area contributed by atoms with Crippen LogP contribution >= 0.6 is 0 Å². The van der Waals surface area contributed by atoms with Crippen molar-refractivity contribution in [1.29, 1.82) is 0 Å². The first-order valence-electron chi connectivity index (χ1n) is 39.0. The van der Waals surface area contributed by atoms with Crippen LogP contribution in [-0.2, 0) is 66.3 Å². The number of anilines is 7. The number of aromatic nitrogens is 7. The van der Waals surface area contributed by atoms with E-state index in [0.29, 0.717) is 39.8 Å². The number of hydrogen-bond donors (Lipinski definition) is 21. The minimum Gasteiger partial charge on any atom is -0.387 e. The Kier molecular flexibility index (Phi) is 28.4. The van der Waals surface area contributed by atoms with Gasteiger partial charge in [-0.25, -0.2) is 0 Å². The van der Waals surface area contributed by atoms with Crippen LogP contribution in [0.4, 0.5) is 39.8 Å². The zero-order valence-corrected chi connectivity index (χ0v) is 63.4. The second-order valence-electron chi connectivity index (χ2n) is 29.7. The minimum atomic E-state index is -2.13. The number of rotatable bonds is 21. The fraction of sp³-hybridized carbons (Fsp3) is 0.545. The quantitative estimate of drug-likeness (QED) is 0.0322. The highest BCUT2D eigenvalue weighted by Gasteiger charge is 2.60. The maximum Gasteiger partial charge on any atom is 0.187 e. The molecule has 35 atom stereocenters. The number of nitrogens with one attached hydrogen (secondary N) is 7. The number of nitrogens with zero attached hydrogens (tertiary/aromatic N) is 7. The molecule has 21 fully saturated rings. The predicted octanol–water partition coefficient (Wildman–Crippen LogP) is -4.63. The van der Waals surface area contributed by atoms with E-state index >= 15 is 0 Å². The molecule has 0 aromatic carbocycles. The Balaban J connectivity index is 0.797. The van der Waals surface area contributed by atoms with Crippen LogP contribution in [0.1, 0.15) is 0 Å². The van der Waals surface area contributed by atoms with Gasteiger partial charge in [0.1, 0.15) is 171 Å². The first kappa shape index (κ1) is 85.5. The summed E-state index contributed by atoms with van der Waals surface area (Å²) in [5, 5.41) is 197. The van der Waals surface area contributed by atoms with Gasteiger partial charge in [-0.05, 0) is 84.9 Å². The summed E-state index contributed by atoms with van der Waals surface area (Å²) in [6.07, 6.45) is -44.4. The maximum atomic E-state index is 12.5. The monoisotopic (exact) mass is 1670 g/mol. The van der Waals surface area contributed by atoms with E-state index in [1.165, 1.54) is 86.8 Å². The lowest BCUT2D eigenvalue weighted by Crippen LogP contribution is -2.68. The van der Waals surface area contributed by atoms with Crippen LogP contribution in [0.3, 0.4) is 0 Å². The molecule has 119 heavy (non-hydrogen) atoms. The highest BCUT2D eigenvalue weighted by molar-refractivity contribution is 5.45. The summed E-state index contributed by atoms with van der Waals surface area (Å²) >= 11 is 0. The smallest absolute Gasteiger partial charge is 0.187 e. The summed E-state index contributed by atoms with van der Waals surface area (Å²) in [5.41, 5.74) is 3.34. The molecule has 7 aromatic heterocycles. The molecule has 0 amide bonds. The molecule has 14 bridgehead atoms. The Morgan fingerprint density at radius 3 is 0.387 bits per heavy atom. The highest BCUT2D eigenvalue weighted by atomic mass is 16.8. The first-order valence-corrected chi connectivity index (χ1v) is 39.0. The summed E-state index contributed by atoms with van der Waals surface area (Å²) in [6, 6.07) is 22.6. The van der Waals surface area contributed by atoms with Crippen LogP contribution in [0.5, 0.6) is 0 Å². The van der Waals surface area contributed by atoms with E-state index in [2.05, 4.69) is 72.1 Å². The topological polar surface area (TPSA) is 587 Å². The van der Waals surface area contributed by atoms with Crippen LogP contribution in [0.2, 0.25) is 0 Å². The van der Waals surface area contributed by atoms with Crippen LogP contribution in [0, 0.1) is 0 Å². The third-order valence-electron chi connectivity index (χ3n) is 21.8. The lowest BCUT2D eigenvalue weighted by molar-refractivity contribution is -0.390. The molecular weight excluding hydrogens is 1570 g/mol. The number of pyridine rings is 7. The Labute approximate surface area is 679 Å². The van der Waals surface area contributed by atoms with Crippen LogP contribution in [-0.4, -0.2) is 367 Å². The molecule has 42 nitrogen and oxygen atoms in total. The zero-order chi connectivity index (χ0) is 82.8. The van der Waals surface area contributed by atoms with Gasteiger partial charge < -0.3 is 175 Å². The number of aliphatic hydroxyl groups excluding tert-OH is 14. The molecule has 0 radical (unpaired) electrons. The van der Waals surface area contributed by atoms with Gasteiger partial charge in [0.25, 0.3) is 0 Å². The molecule has 21 aliphatic heterocycles. The molecule has 0 saturated carbocycles. The van der Waals surface area contributed by atoms with Crippen LogP contribution < -0.4 is 37.2 Å². The van der Waals surface area contributed by atoms with Gasteiger partial charge in [0.15, 0.2) is 44.0 Å². The van der Waals surface area contributed by atoms with Gasteiger partial charge in [-0.3, -0.25) is 34.9 Å². The lowest BCUT2D eigenvalue weighted by Gasteiger charge is -2.50. The molecule has 28 rings (SSSR count). The van der Waals surface area contributed by atoms with Gasteiger partial charge >= 0.3 is 0 Å². The molecule has 0 spiro atoms. The second kappa shape index (κ2) is 39.6. The average molecular weight is 1670 g/mol. The first-order chi connectivity index (χ1) is 57.8. The summed E-state index contributed by atoms with van der Waals surface area (Å²) in [4.78, 5) is 28.7. The number of hydrogen-bond acceptors (Lipinski definition) is 42. The van der Waals surface area contributed by atoms with E-state index in [4.69, 9.17) is 66.3 Å². The van der Waals surface area contributed by atoms with Crippen molar-refractivity contribution in [3.63, 3.8) is 0 Å².